The first-order chi connectivity index (χ1) is 12.2. The first-order valence-electron chi connectivity index (χ1n) is 8.64. The Labute approximate surface area is 148 Å². The molecule has 1 N–H and O–H groups in total. The smallest absolute Gasteiger partial charge is 0.253 e. The lowest BCUT2D eigenvalue weighted by atomic mass is 10.2. The Morgan fingerprint density at radius 1 is 0.800 bits per heavy atom. The van der Waals surface area contributed by atoms with Gasteiger partial charge in [-0.3, -0.25) is 14.5 Å². The second-order valence-corrected chi connectivity index (χ2v) is 6.12. The summed E-state index contributed by atoms with van der Waals surface area (Å²) in [5.74, 6) is 0.0520. The third-order valence-corrected chi connectivity index (χ3v) is 4.43. The molecule has 1 aliphatic rings. The minimum Gasteiger partial charge on any atom is -0.351 e. The largest absolute Gasteiger partial charge is 0.351 e. The van der Waals surface area contributed by atoms with Crippen molar-refractivity contribution in [3.8, 4) is 0 Å². The molecule has 5 heteroatoms. The van der Waals surface area contributed by atoms with Gasteiger partial charge >= 0.3 is 0 Å². The number of hydrogen-bond donors (Lipinski definition) is 1. The lowest BCUT2D eigenvalue weighted by Crippen LogP contribution is -2.50. The van der Waals surface area contributed by atoms with Crippen LogP contribution < -0.4 is 5.32 Å². The first-order valence-corrected chi connectivity index (χ1v) is 8.64. The molecule has 5 nitrogen and oxygen atoms in total. The van der Waals surface area contributed by atoms with E-state index in [0.717, 1.165) is 38.3 Å². The molecular formula is C20H23N3O2. The van der Waals surface area contributed by atoms with Gasteiger partial charge in [-0.1, -0.05) is 36.4 Å². The van der Waals surface area contributed by atoms with E-state index in [4.69, 9.17) is 0 Å². The van der Waals surface area contributed by atoms with Gasteiger partial charge in [0.1, 0.15) is 0 Å². The highest BCUT2D eigenvalue weighted by Crippen LogP contribution is 2.08. The molecule has 0 saturated carbocycles. The van der Waals surface area contributed by atoms with Crippen molar-refractivity contribution in [3.05, 3.63) is 71.8 Å². The van der Waals surface area contributed by atoms with Crippen molar-refractivity contribution in [2.24, 2.45) is 0 Å². The average Bonchev–Trinajstić information content (AvgIpc) is 2.69. The zero-order chi connectivity index (χ0) is 17.5. The highest BCUT2D eigenvalue weighted by atomic mass is 16.2. The molecule has 1 fully saturated rings. The zero-order valence-electron chi connectivity index (χ0n) is 14.2. The Kier molecular flexibility index (Phi) is 5.80. The van der Waals surface area contributed by atoms with E-state index in [1.54, 1.807) is 0 Å². The van der Waals surface area contributed by atoms with Crippen LogP contribution in [0, 0.1) is 0 Å². The molecule has 2 amide bonds. The summed E-state index contributed by atoms with van der Waals surface area (Å²) in [5.41, 5.74) is 1.42. The van der Waals surface area contributed by atoms with Gasteiger partial charge in [-0.25, -0.2) is 0 Å². The van der Waals surface area contributed by atoms with Crippen molar-refractivity contribution in [1.29, 1.82) is 0 Å². The number of rotatable bonds is 5. The maximum absolute atomic E-state index is 12.4. The van der Waals surface area contributed by atoms with Crippen LogP contribution in [0.2, 0.25) is 0 Å². The fourth-order valence-corrected chi connectivity index (χ4v) is 2.96. The predicted octanol–water partition coefficient (Wildman–Crippen LogP) is 1.87. The summed E-state index contributed by atoms with van der Waals surface area (Å²) in [4.78, 5) is 28.6. The molecule has 0 spiro atoms. The Bertz CT molecular complexity index is 693. The number of carbonyl (C=O) groups excluding carboxylic acids is 2. The van der Waals surface area contributed by atoms with Crippen LogP contribution in [-0.2, 0) is 0 Å². The van der Waals surface area contributed by atoms with Crippen molar-refractivity contribution >= 4 is 11.8 Å². The van der Waals surface area contributed by atoms with E-state index in [1.165, 1.54) is 0 Å². The topological polar surface area (TPSA) is 52.7 Å². The van der Waals surface area contributed by atoms with Gasteiger partial charge in [0.05, 0.1) is 0 Å². The van der Waals surface area contributed by atoms with E-state index in [-0.39, 0.29) is 11.8 Å². The molecule has 0 aliphatic carbocycles. The average molecular weight is 337 g/mol. The third-order valence-electron chi connectivity index (χ3n) is 4.43. The van der Waals surface area contributed by atoms with Gasteiger partial charge in [0, 0.05) is 50.4 Å². The fourth-order valence-electron chi connectivity index (χ4n) is 2.96. The van der Waals surface area contributed by atoms with Crippen LogP contribution in [0.25, 0.3) is 0 Å². The zero-order valence-corrected chi connectivity index (χ0v) is 14.2. The number of piperazine rings is 1. The summed E-state index contributed by atoms with van der Waals surface area (Å²) < 4.78 is 0. The number of benzene rings is 2. The Hall–Kier alpha value is -2.66. The third kappa shape index (κ3) is 4.67. The molecule has 1 heterocycles. The van der Waals surface area contributed by atoms with Gasteiger partial charge in [0.2, 0.25) is 0 Å². The fraction of sp³-hybridized carbons (Fsp3) is 0.300. The molecule has 0 radical (unpaired) electrons. The predicted molar refractivity (Wildman–Crippen MR) is 97.6 cm³/mol. The van der Waals surface area contributed by atoms with E-state index in [2.05, 4.69) is 10.2 Å². The summed E-state index contributed by atoms with van der Waals surface area (Å²) >= 11 is 0. The van der Waals surface area contributed by atoms with Gasteiger partial charge in [-0.15, -0.1) is 0 Å². The molecule has 0 unspecified atom stereocenters. The number of amides is 2. The normalized spacial score (nSPS) is 15.0. The molecule has 25 heavy (non-hydrogen) atoms. The van der Waals surface area contributed by atoms with E-state index in [9.17, 15) is 9.59 Å². The Balaban J connectivity index is 1.39. The van der Waals surface area contributed by atoms with Crippen LogP contribution in [-0.4, -0.2) is 60.9 Å². The second kappa shape index (κ2) is 8.44. The molecular weight excluding hydrogens is 314 g/mol. The Morgan fingerprint density at radius 3 is 1.96 bits per heavy atom. The van der Waals surface area contributed by atoms with E-state index in [0.29, 0.717) is 12.1 Å². The number of carbonyl (C=O) groups is 2. The molecule has 0 atom stereocenters. The summed E-state index contributed by atoms with van der Waals surface area (Å²) in [6.45, 7) is 4.52. The number of nitrogens with one attached hydrogen (secondary N) is 1. The maximum atomic E-state index is 12.4. The highest BCUT2D eigenvalue weighted by molar-refractivity contribution is 5.94. The first kappa shape index (κ1) is 17.2. The van der Waals surface area contributed by atoms with Crippen molar-refractivity contribution < 1.29 is 9.59 Å². The van der Waals surface area contributed by atoms with Gasteiger partial charge in [-0.2, -0.15) is 0 Å². The van der Waals surface area contributed by atoms with E-state index in [1.807, 2.05) is 65.6 Å². The van der Waals surface area contributed by atoms with Gasteiger partial charge < -0.3 is 10.2 Å². The molecule has 2 aromatic rings. The van der Waals surface area contributed by atoms with Crippen LogP contribution in [0.5, 0.6) is 0 Å². The molecule has 0 bridgehead atoms. The molecule has 3 rings (SSSR count). The van der Waals surface area contributed by atoms with Crippen molar-refractivity contribution in [2.75, 3.05) is 39.3 Å². The van der Waals surface area contributed by atoms with Gasteiger partial charge in [0.15, 0.2) is 0 Å². The lowest BCUT2D eigenvalue weighted by Gasteiger charge is -2.34. The van der Waals surface area contributed by atoms with Gasteiger partial charge in [-0.05, 0) is 24.3 Å². The standard InChI is InChI=1S/C20H23N3O2/c24-19(17-7-3-1-4-8-17)21-11-12-22-13-15-23(16-14-22)20(25)18-9-5-2-6-10-18/h1-10H,11-16H2,(H,21,24). The summed E-state index contributed by atoms with van der Waals surface area (Å²) in [6, 6.07) is 18.6. The van der Waals surface area contributed by atoms with Crippen molar-refractivity contribution in [2.45, 2.75) is 0 Å². The van der Waals surface area contributed by atoms with Gasteiger partial charge in [0.25, 0.3) is 11.8 Å². The minimum absolute atomic E-state index is 0.0431. The van der Waals surface area contributed by atoms with Crippen LogP contribution >= 0.6 is 0 Å². The van der Waals surface area contributed by atoms with E-state index >= 15 is 0 Å². The Morgan fingerprint density at radius 2 is 1.36 bits per heavy atom. The summed E-state index contributed by atoms with van der Waals surface area (Å²) in [7, 11) is 0. The summed E-state index contributed by atoms with van der Waals surface area (Å²) in [6.07, 6.45) is 0. The SMILES string of the molecule is O=C(NCCN1CCN(C(=O)c2ccccc2)CC1)c1ccccc1. The molecule has 1 aliphatic heterocycles. The van der Waals surface area contributed by atoms with Crippen molar-refractivity contribution in [3.63, 3.8) is 0 Å². The minimum atomic E-state index is -0.0431. The summed E-state index contributed by atoms with van der Waals surface area (Å²) in [5, 5.41) is 2.94. The van der Waals surface area contributed by atoms with Crippen molar-refractivity contribution in [1.82, 2.24) is 15.1 Å². The molecule has 1 saturated heterocycles. The lowest BCUT2D eigenvalue weighted by molar-refractivity contribution is 0.0638. The van der Waals surface area contributed by atoms with Crippen LogP contribution in [0.15, 0.2) is 60.7 Å². The van der Waals surface area contributed by atoms with Crippen LogP contribution in [0.4, 0.5) is 0 Å². The number of hydrogen-bond acceptors (Lipinski definition) is 3. The second-order valence-electron chi connectivity index (χ2n) is 6.12. The number of nitrogens with zero attached hydrogens (tertiary/aromatic N) is 2. The maximum Gasteiger partial charge on any atom is 0.253 e. The van der Waals surface area contributed by atoms with Crippen LogP contribution in [0.1, 0.15) is 20.7 Å². The molecule has 0 aromatic heterocycles. The quantitative estimate of drug-likeness (QED) is 0.906. The monoisotopic (exact) mass is 337 g/mol. The molecule has 130 valence electrons. The molecule has 2 aromatic carbocycles. The van der Waals surface area contributed by atoms with E-state index < -0.39 is 0 Å². The van der Waals surface area contributed by atoms with Crippen LogP contribution in [0.3, 0.4) is 0 Å². The highest BCUT2D eigenvalue weighted by Gasteiger charge is 2.21.